The molecule has 198 valence electrons. The van der Waals surface area contributed by atoms with E-state index >= 15 is 0 Å². The molecule has 34 heavy (non-hydrogen) atoms. The molecule has 1 rings (SSSR count). The minimum atomic E-state index is 0.0693. The van der Waals surface area contributed by atoms with Gasteiger partial charge in [0, 0.05) is 18.9 Å². The Hall–Kier alpha value is -1.36. The normalized spacial score (nSPS) is 12.2. The number of ether oxygens (including phenoxy) is 1. The molecule has 0 aliphatic carbocycles. The maximum absolute atomic E-state index is 12.7. The van der Waals surface area contributed by atoms with E-state index in [9.17, 15) is 4.79 Å². The van der Waals surface area contributed by atoms with Gasteiger partial charge in [0.25, 0.3) is 0 Å². The molecule has 0 spiro atoms. The van der Waals surface area contributed by atoms with Gasteiger partial charge in [-0.2, -0.15) is 0 Å². The van der Waals surface area contributed by atoms with E-state index in [4.69, 9.17) is 4.74 Å². The first-order chi connectivity index (χ1) is 16.7. The zero-order valence-corrected chi connectivity index (χ0v) is 22.8. The Balaban J connectivity index is 2.04. The Morgan fingerprint density at radius 1 is 0.853 bits per heavy atom. The van der Waals surface area contributed by atoms with Crippen LogP contribution in [0.1, 0.15) is 129 Å². The second kappa shape index (κ2) is 22.1. The van der Waals surface area contributed by atoms with Gasteiger partial charge in [-0.05, 0) is 52.1 Å². The van der Waals surface area contributed by atoms with Crippen LogP contribution in [-0.4, -0.2) is 35.2 Å². The molecule has 5 nitrogen and oxygen atoms in total. The lowest BCUT2D eigenvalue weighted by molar-refractivity contribution is -0.149. The number of nitrogens with one attached hydrogen (secondary N) is 1. The number of nitrogens with zero attached hydrogens (tertiary/aromatic N) is 2. The van der Waals surface area contributed by atoms with E-state index in [1.165, 1.54) is 77.0 Å². The zero-order chi connectivity index (χ0) is 24.7. The van der Waals surface area contributed by atoms with E-state index in [1.54, 1.807) is 0 Å². The van der Waals surface area contributed by atoms with Crippen LogP contribution < -0.4 is 5.32 Å². The van der Waals surface area contributed by atoms with Crippen molar-refractivity contribution in [3.63, 3.8) is 0 Å². The molecule has 1 unspecified atom stereocenters. The molecule has 0 aromatic carbocycles. The number of carbonyl (C=O) groups excluding carboxylic acids is 1. The number of aryl methyl sites for hydroxylation is 2. The van der Waals surface area contributed by atoms with E-state index in [0.717, 1.165) is 57.6 Å². The number of rotatable bonds is 24. The topological polar surface area (TPSA) is 56.1 Å². The average molecular weight is 478 g/mol. The minimum absolute atomic E-state index is 0.0693. The third-order valence-electron chi connectivity index (χ3n) is 6.81. The number of esters is 1. The van der Waals surface area contributed by atoms with Gasteiger partial charge in [0.2, 0.25) is 0 Å². The molecule has 1 aromatic rings. The number of hydrogen-bond donors (Lipinski definition) is 1. The highest BCUT2D eigenvalue weighted by molar-refractivity contribution is 5.72. The molecule has 0 saturated heterocycles. The Morgan fingerprint density at radius 2 is 1.44 bits per heavy atom. The fourth-order valence-electron chi connectivity index (χ4n) is 4.50. The quantitative estimate of drug-likeness (QED) is 0.123. The smallest absolute Gasteiger partial charge is 0.308 e. The lowest BCUT2D eigenvalue weighted by atomic mass is 9.94. The van der Waals surface area contributed by atoms with Crippen molar-refractivity contribution < 1.29 is 9.53 Å². The van der Waals surface area contributed by atoms with E-state index < -0.39 is 0 Å². The van der Waals surface area contributed by atoms with Gasteiger partial charge in [-0.15, -0.1) is 0 Å². The van der Waals surface area contributed by atoms with Crippen LogP contribution in [0.3, 0.4) is 0 Å². The molecule has 0 saturated carbocycles. The molecule has 0 aliphatic rings. The van der Waals surface area contributed by atoms with Gasteiger partial charge < -0.3 is 14.6 Å². The van der Waals surface area contributed by atoms with Gasteiger partial charge in [-0.25, -0.2) is 4.98 Å². The first-order valence-corrected chi connectivity index (χ1v) is 14.5. The molecule has 0 bridgehead atoms. The second-order valence-electron chi connectivity index (χ2n) is 9.96. The number of carbonyl (C=O) groups is 1. The molecule has 0 aliphatic heterocycles. The van der Waals surface area contributed by atoms with Crippen LogP contribution in [0, 0.1) is 12.8 Å². The molecule has 5 heteroatoms. The number of unbranched alkanes of at least 4 members (excludes halogenated alkanes) is 11. The van der Waals surface area contributed by atoms with Crippen LogP contribution in [-0.2, 0) is 16.1 Å². The SMILES string of the molecule is CCCCCCCCC(CCCCCC)C(=O)OCCCCCCNCCCn1ccnc1C. The third-order valence-corrected chi connectivity index (χ3v) is 6.81. The maximum Gasteiger partial charge on any atom is 0.308 e. The molecular weight excluding hydrogens is 422 g/mol. The maximum atomic E-state index is 12.7. The zero-order valence-electron chi connectivity index (χ0n) is 22.8. The Kier molecular flexibility index (Phi) is 20.0. The van der Waals surface area contributed by atoms with Crippen LogP contribution in [0.25, 0.3) is 0 Å². The summed E-state index contributed by atoms with van der Waals surface area (Å²) in [5.41, 5.74) is 0. The van der Waals surface area contributed by atoms with Gasteiger partial charge >= 0.3 is 5.97 Å². The van der Waals surface area contributed by atoms with Gasteiger partial charge in [0.15, 0.2) is 0 Å². The van der Waals surface area contributed by atoms with Crippen LogP contribution in [0.15, 0.2) is 12.4 Å². The van der Waals surface area contributed by atoms with E-state index in [2.05, 4.69) is 28.7 Å². The number of imidazole rings is 1. The van der Waals surface area contributed by atoms with Crippen molar-refractivity contribution in [3.8, 4) is 0 Å². The predicted octanol–water partition coefficient (Wildman–Crippen LogP) is 7.61. The molecule has 1 atom stereocenters. The lowest BCUT2D eigenvalue weighted by Gasteiger charge is -2.16. The molecule has 0 radical (unpaired) electrons. The van der Waals surface area contributed by atoms with E-state index in [0.29, 0.717) is 6.61 Å². The van der Waals surface area contributed by atoms with Crippen LogP contribution in [0.2, 0.25) is 0 Å². The van der Waals surface area contributed by atoms with Crippen LogP contribution in [0.5, 0.6) is 0 Å². The summed E-state index contributed by atoms with van der Waals surface area (Å²) in [6.45, 7) is 10.3. The fourth-order valence-corrected chi connectivity index (χ4v) is 4.50. The fraction of sp³-hybridized carbons (Fsp3) is 0.862. The third kappa shape index (κ3) is 16.3. The highest BCUT2D eigenvalue weighted by Crippen LogP contribution is 2.20. The summed E-state index contributed by atoms with van der Waals surface area (Å²) in [5.74, 6) is 1.28. The number of aromatic nitrogens is 2. The predicted molar refractivity (Wildman–Crippen MR) is 144 cm³/mol. The molecule has 0 amide bonds. The van der Waals surface area contributed by atoms with Gasteiger partial charge in [-0.1, -0.05) is 90.9 Å². The van der Waals surface area contributed by atoms with Gasteiger partial charge in [-0.3, -0.25) is 4.79 Å². The monoisotopic (exact) mass is 477 g/mol. The summed E-state index contributed by atoms with van der Waals surface area (Å²) >= 11 is 0. The summed E-state index contributed by atoms with van der Waals surface area (Å²) in [6, 6.07) is 0. The van der Waals surface area contributed by atoms with Crippen molar-refractivity contribution in [1.82, 2.24) is 14.9 Å². The number of hydrogen-bond acceptors (Lipinski definition) is 4. The highest BCUT2D eigenvalue weighted by atomic mass is 16.5. The largest absolute Gasteiger partial charge is 0.465 e. The van der Waals surface area contributed by atoms with E-state index in [-0.39, 0.29) is 11.9 Å². The molecule has 1 aromatic heterocycles. The highest BCUT2D eigenvalue weighted by Gasteiger charge is 2.19. The molecular formula is C29H55N3O2. The van der Waals surface area contributed by atoms with Crippen LogP contribution >= 0.6 is 0 Å². The van der Waals surface area contributed by atoms with Crippen molar-refractivity contribution >= 4 is 5.97 Å². The minimum Gasteiger partial charge on any atom is -0.465 e. The summed E-state index contributed by atoms with van der Waals surface area (Å²) in [4.78, 5) is 16.9. The van der Waals surface area contributed by atoms with Crippen molar-refractivity contribution in [2.24, 2.45) is 5.92 Å². The Labute approximate surface area is 210 Å². The lowest BCUT2D eigenvalue weighted by Crippen LogP contribution is -2.19. The first kappa shape index (κ1) is 30.7. The summed E-state index contributed by atoms with van der Waals surface area (Å²) in [7, 11) is 0. The van der Waals surface area contributed by atoms with Crippen LogP contribution in [0.4, 0.5) is 0 Å². The standard InChI is InChI=1S/C29H55N3O2/c1-4-6-8-10-11-15-20-28(19-14-9-7-5-2)29(33)34-26-17-13-12-16-21-30-22-18-24-32-25-23-31-27(32)3/h23,25,28,30H,4-22,24,26H2,1-3H3. The summed E-state index contributed by atoms with van der Waals surface area (Å²) in [6.07, 6.45) is 24.2. The second-order valence-corrected chi connectivity index (χ2v) is 9.96. The first-order valence-electron chi connectivity index (χ1n) is 14.5. The molecule has 0 fully saturated rings. The Bertz CT molecular complexity index is 588. The van der Waals surface area contributed by atoms with Crippen molar-refractivity contribution in [2.45, 2.75) is 136 Å². The van der Waals surface area contributed by atoms with Crippen molar-refractivity contribution in [2.75, 3.05) is 19.7 Å². The molecule has 1 N–H and O–H groups in total. The van der Waals surface area contributed by atoms with Crippen molar-refractivity contribution in [1.29, 1.82) is 0 Å². The Morgan fingerprint density at radius 3 is 2.12 bits per heavy atom. The average Bonchev–Trinajstić information content (AvgIpc) is 3.25. The van der Waals surface area contributed by atoms with Gasteiger partial charge in [0.1, 0.15) is 5.82 Å². The van der Waals surface area contributed by atoms with Gasteiger partial charge in [0.05, 0.1) is 12.5 Å². The molecule has 1 heterocycles. The van der Waals surface area contributed by atoms with Crippen molar-refractivity contribution in [3.05, 3.63) is 18.2 Å². The summed E-state index contributed by atoms with van der Waals surface area (Å²) in [5, 5.41) is 3.54. The summed E-state index contributed by atoms with van der Waals surface area (Å²) < 4.78 is 7.90. The van der Waals surface area contributed by atoms with E-state index in [1.807, 2.05) is 19.3 Å².